The highest BCUT2D eigenvalue weighted by Gasteiger charge is 2.21. The first-order valence-corrected chi connectivity index (χ1v) is 14.3. The van der Waals surface area contributed by atoms with Crippen LogP contribution in [0.5, 0.6) is 11.6 Å². The Morgan fingerprint density at radius 3 is 2.48 bits per heavy atom. The third kappa shape index (κ3) is 7.75. The monoisotopic (exact) mass is 584 g/mol. The Morgan fingerprint density at radius 2 is 1.80 bits per heavy atom. The number of benzene rings is 1. The molecule has 9 nitrogen and oxygen atoms in total. The molecule has 5 rings (SSSR count). The van der Waals surface area contributed by atoms with E-state index >= 15 is 0 Å². The Morgan fingerprint density at radius 1 is 1.05 bits per heavy atom. The number of halogens is 2. The van der Waals surface area contributed by atoms with E-state index in [9.17, 15) is 4.79 Å². The van der Waals surface area contributed by atoms with Crippen LogP contribution in [0.15, 0.2) is 48.7 Å². The van der Waals surface area contributed by atoms with Crippen LogP contribution >= 0.6 is 23.2 Å². The zero-order valence-corrected chi connectivity index (χ0v) is 24.0. The van der Waals surface area contributed by atoms with Gasteiger partial charge in [-0.15, -0.1) is 0 Å². The molecule has 0 aliphatic carbocycles. The number of ether oxygens (including phenoxy) is 2. The summed E-state index contributed by atoms with van der Waals surface area (Å²) in [6.07, 6.45) is 3.36. The first-order chi connectivity index (χ1) is 19.4. The number of nitrogens with one attached hydrogen (secondary N) is 2. The summed E-state index contributed by atoms with van der Waals surface area (Å²) in [5, 5.41) is 7.28. The van der Waals surface area contributed by atoms with Crippen molar-refractivity contribution in [3.63, 3.8) is 0 Å². The summed E-state index contributed by atoms with van der Waals surface area (Å²) < 4.78 is 10.9. The molecule has 2 saturated heterocycles. The predicted molar refractivity (Wildman–Crippen MR) is 157 cm³/mol. The molecule has 2 aliphatic heterocycles. The number of nitrogens with zero attached hydrogens (tertiary/aromatic N) is 4. The number of carbonyl (C=O) groups excluding carboxylic acids is 1. The molecule has 0 bridgehead atoms. The number of anilines is 1. The highest BCUT2D eigenvalue weighted by Crippen LogP contribution is 2.31. The molecular weight excluding hydrogens is 551 g/mol. The molecule has 0 spiro atoms. The van der Waals surface area contributed by atoms with E-state index in [4.69, 9.17) is 32.9 Å². The lowest BCUT2D eigenvalue weighted by molar-refractivity contribution is 0.155. The van der Waals surface area contributed by atoms with Crippen LogP contribution in [0.4, 0.5) is 10.6 Å². The molecule has 0 saturated carbocycles. The van der Waals surface area contributed by atoms with Gasteiger partial charge < -0.3 is 25.0 Å². The molecule has 0 radical (unpaired) electrons. The Kier molecular flexibility index (Phi) is 9.59. The van der Waals surface area contributed by atoms with Crippen LogP contribution in [0.3, 0.4) is 0 Å². The third-order valence-electron chi connectivity index (χ3n) is 7.24. The summed E-state index contributed by atoms with van der Waals surface area (Å²) in [4.78, 5) is 25.5. The second-order valence-electron chi connectivity index (χ2n) is 10.1. The lowest BCUT2D eigenvalue weighted by Gasteiger charge is -2.32. The van der Waals surface area contributed by atoms with Gasteiger partial charge in [0.1, 0.15) is 11.6 Å². The minimum atomic E-state index is -0.381. The minimum Gasteiger partial charge on any atom is -0.453 e. The number of methoxy groups -OCH3 is 1. The lowest BCUT2D eigenvalue weighted by Crippen LogP contribution is -2.43. The first kappa shape index (κ1) is 28.4. The number of piperidine rings is 1. The number of hydrogen-bond donors (Lipinski definition) is 2. The molecule has 1 aromatic carbocycles. The van der Waals surface area contributed by atoms with E-state index in [1.807, 2.05) is 30.3 Å². The zero-order chi connectivity index (χ0) is 27.9. The van der Waals surface area contributed by atoms with Gasteiger partial charge in [-0.05, 0) is 73.8 Å². The quantitative estimate of drug-likeness (QED) is 0.372. The largest absolute Gasteiger partial charge is 0.453 e. The molecule has 0 unspecified atom stereocenters. The van der Waals surface area contributed by atoms with Gasteiger partial charge in [0.15, 0.2) is 0 Å². The van der Waals surface area contributed by atoms with Crippen molar-refractivity contribution >= 4 is 35.1 Å². The van der Waals surface area contributed by atoms with Crippen molar-refractivity contribution in [2.24, 2.45) is 5.92 Å². The summed E-state index contributed by atoms with van der Waals surface area (Å²) in [7, 11) is 1.38. The van der Waals surface area contributed by atoms with Gasteiger partial charge >= 0.3 is 6.09 Å². The smallest absolute Gasteiger partial charge is 0.406 e. The maximum absolute atomic E-state index is 11.4. The summed E-state index contributed by atoms with van der Waals surface area (Å²) in [6, 6.07) is 13.4. The number of amides is 1. The predicted octanol–water partition coefficient (Wildman–Crippen LogP) is 5.22. The van der Waals surface area contributed by atoms with Gasteiger partial charge in [0.2, 0.25) is 5.88 Å². The van der Waals surface area contributed by atoms with Gasteiger partial charge in [-0.3, -0.25) is 4.90 Å². The third-order valence-corrected chi connectivity index (χ3v) is 7.67. The van der Waals surface area contributed by atoms with Crippen LogP contribution in [-0.4, -0.2) is 73.9 Å². The van der Waals surface area contributed by atoms with Crippen molar-refractivity contribution in [2.75, 3.05) is 57.8 Å². The fourth-order valence-electron chi connectivity index (χ4n) is 5.09. The number of likely N-dealkylation sites (tertiary alicyclic amines) is 1. The van der Waals surface area contributed by atoms with Crippen LogP contribution in [-0.2, 0) is 11.3 Å². The van der Waals surface area contributed by atoms with E-state index in [2.05, 4.69) is 36.2 Å². The second kappa shape index (κ2) is 13.5. The Hall–Kier alpha value is -3.11. The average Bonchev–Trinajstić information content (AvgIpc) is 2.97. The molecule has 4 heterocycles. The topological polar surface area (TPSA) is 91.8 Å². The molecule has 212 valence electrons. The molecule has 11 heteroatoms. The van der Waals surface area contributed by atoms with Gasteiger partial charge in [-0.2, -0.15) is 0 Å². The summed E-state index contributed by atoms with van der Waals surface area (Å²) in [5.74, 6) is 2.48. The van der Waals surface area contributed by atoms with Crippen molar-refractivity contribution in [3.05, 3.63) is 64.3 Å². The van der Waals surface area contributed by atoms with Gasteiger partial charge in [0.05, 0.1) is 19.0 Å². The Balaban J connectivity index is 1.31. The number of pyridine rings is 2. The molecule has 2 aliphatic rings. The van der Waals surface area contributed by atoms with Crippen LogP contribution in [0.2, 0.25) is 10.0 Å². The molecule has 40 heavy (non-hydrogen) atoms. The van der Waals surface area contributed by atoms with E-state index in [0.717, 1.165) is 81.3 Å². The van der Waals surface area contributed by atoms with Crippen molar-refractivity contribution in [3.8, 4) is 22.9 Å². The van der Waals surface area contributed by atoms with E-state index in [0.29, 0.717) is 34.1 Å². The highest BCUT2D eigenvalue weighted by molar-refractivity contribution is 6.35. The van der Waals surface area contributed by atoms with E-state index in [1.54, 1.807) is 12.3 Å². The summed E-state index contributed by atoms with van der Waals surface area (Å²) in [6.45, 7) is 7.02. The van der Waals surface area contributed by atoms with Crippen LogP contribution in [0, 0.1) is 5.92 Å². The Bertz CT molecular complexity index is 1280. The average molecular weight is 586 g/mol. The van der Waals surface area contributed by atoms with Gasteiger partial charge in [0.25, 0.3) is 0 Å². The summed E-state index contributed by atoms with van der Waals surface area (Å²) >= 11 is 12.6. The van der Waals surface area contributed by atoms with E-state index in [1.165, 1.54) is 7.11 Å². The SMILES string of the molecule is COC(=O)NCC1CCN(Cc2cc(Oc3ccc(N4CCNCC4)nc3)nc(-c3cc(Cl)cc(Cl)c3)c2)CC1. The van der Waals surface area contributed by atoms with Crippen LogP contribution in [0.25, 0.3) is 11.3 Å². The minimum absolute atomic E-state index is 0.381. The van der Waals surface area contributed by atoms with Crippen molar-refractivity contribution in [1.29, 1.82) is 0 Å². The Labute approximate surface area is 244 Å². The number of alkyl carbamates (subject to hydrolysis) is 1. The molecule has 2 N–H and O–H groups in total. The van der Waals surface area contributed by atoms with Crippen LogP contribution in [0.1, 0.15) is 18.4 Å². The maximum Gasteiger partial charge on any atom is 0.406 e. The number of rotatable bonds is 8. The maximum atomic E-state index is 11.4. The number of carbonyl (C=O) groups is 1. The molecule has 1 amide bonds. The fraction of sp³-hybridized carbons (Fsp3) is 0.414. The number of aromatic nitrogens is 2. The zero-order valence-electron chi connectivity index (χ0n) is 22.5. The first-order valence-electron chi connectivity index (χ1n) is 13.6. The molecule has 0 atom stereocenters. The van der Waals surface area contributed by atoms with Crippen molar-refractivity contribution < 1.29 is 14.3 Å². The lowest BCUT2D eigenvalue weighted by atomic mass is 9.96. The second-order valence-corrected chi connectivity index (χ2v) is 11.0. The standard InChI is InChI=1S/C29H34Cl2N6O3/c1-39-29(38)34-17-20-4-8-36(9-5-20)19-21-12-26(22-14-23(30)16-24(31)15-22)35-28(13-21)40-25-2-3-27(33-18-25)37-10-6-32-7-11-37/h2-3,12-16,18,20,32H,4-11,17,19H2,1H3,(H,34,38). The van der Waals surface area contributed by atoms with Crippen molar-refractivity contribution in [2.45, 2.75) is 19.4 Å². The van der Waals surface area contributed by atoms with Gasteiger partial charge in [-0.25, -0.2) is 14.8 Å². The summed E-state index contributed by atoms with van der Waals surface area (Å²) in [5.41, 5.74) is 2.64. The van der Waals surface area contributed by atoms with Gasteiger partial charge in [-0.1, -0.05) is 23.2 Å². The number of hydrogen-bond acceptors (Lipinski definition) is 8. The van der Waals surface area contributed by atoms with Crippen LogP contribution < -0.4 is 20.3 Å². The van der Waals surface area contributed by atoms with E-state index in [-0.39, 0.29) is 6.09 Å². The fourth-order valence-corrected chi connectivity index (χ4v) is 5.62. The highest BCUT2D eigenvalue weighted by atomic mass is 35.5. The van der Waals surface area contributed by atoms with Gasteiger partial charge in [0, 0.05) is 60.9 Å². The molecule has 3 aromatic rings. The molecular formula is C29H34Cl2N6O3. The van der Waals surface area contributed by atoms with Crippen molar-refractivity contribution in [1.82, 2.24) is 25.5 Å². The number of piperazine rings is 1. The normalized spacial score (nSPS) is 16.5. The molecule has 2 fully saturated rings. The van der Waals surface area contributed by atoms with E-state index < -0.39 is 0 Å². The molecule has 2 aromatic heterocycles.